The number of aromatic nitrogens is 3. The Morgan fingerprint density at radius 1 is 1.53 bits per heavy atom. The molecule has 2 heterocycles. The van der Waals surface area contributed by atoms with Crippen LogP contribution in [0.15, 0.2) is 12.7 Å². The molecule has 0 saturated carbocycles. The van der Waals surface area contributed by atoms with E-state index in [-0.39, 0.29) is 11.3 Å². The van der Waals surface area contributed by atoms with Gasteiger partial charge in [0, 0.05) is 26.6 Å². The minimum atomic E-state index is 0.172. The Morgan fingerprint density at radius 3 is 2.89 bits per heavy atom. The van der Waals surface area contributed by atoms with Crippen LogP contribution in [0.2, 0.25) is 0 Å². The molecule has 0 N–H and O–H groups in total. The number of aryl methyl sites for hydroxylation is 1. The topological polar surface area (TPSA) is 54.3 Å². The highest BCUT2D eigenvalue weighted by Gasteiger charge is 2.33. The Balaban J connectivity index is 1.79. The standard InChI is InChI=1S/C13H23N5O/c1-13(5-7-16(2)8-13)9-17(3)12(19)4-6-18-11-14-10-15-18/h10-11H,4-9H2,1-3H3. The second-order valence-electron chi connectivity index (χ2n) is 5.96. The van der Waals surface area contributed by atoms with E-state index in [9.17, 15) is 4.79 Å². The Morgan fingerprint density at radius 2 is 2.32 bits per heavy atom. The van der Waals surface area contributed by atoms with Crippen LogP contribution in [0.25, 0.3) is 0 Å². The summed E-state index contributed by atoms with van der Waals surface area (Å²) in [6.45, 7) is 5.87. The van der Waals surface area contributed by atoms with Crippen LogP contribution >= 0.6 is 0 Å². The molecule has 1 saturated heterocycles. The SMILES string of the molecule is CN1CCC(C)(CN(C)C(=O)CCn2cncn2)C1. The van der Waals surface area contributed by atoms with E-state index in [0.29, 0.717) is 13.0 Å². The number of carbonyl (C=O) groups excluding carboxylic acids is 1. The third kappa shape index (κ3) is 3.76. The summed E-state index contributed by atoms with van der Waals surface area (Å²) in [4.78, 5) is 20.2. The summed E-state index contributed by atoms with van der Waals surface area (Å²) in [5.41, 5.74) is 0.229. The van der Waals surface area contributed by atoms with Crippen molar-refractivity contribution in [3.8, 4) is 0 Å². The van der Waals surface area contributed by atoms with Crippen molar-refractivity contribution >= 4 is 5.91 Å². The van der Waals surface area contributed by atoms with Crippen molar-refractivity contribution in [3.63, 3.8) is 0 Å². The fraction of sp³-hybridized carbons (Fsp3) is 0.769. The Bertz CT molecular complexity index is 419. The summed E-state index contributed by atoms with van der Waals surface area (Å²) in [6, 6.07) is 0. The van der Waals surface area contributed by atoms with E-state index < -0.39 is 0 Å². The monoisotopic (exact) mass is 265 g/mol. The molecule has 19 heavy (non-hydrogen) atoms. The first kappa shape index (κ1) is 14.0. The molecule has 1 aliphatic heterocycles. The van der Waals surface area contributed by atoms with Gasteiger partial charge in [-0.15, -0.1) is 0 Å². The van der Waals surface area contributed by atoms with Crippen LogP contribution in [0.4, 0.5) is 0 Å². The van der Waals surface area contributed by atoms with Gasteiger partial charge in [-0.1, -0.05) is 6.92 Å². The number of hydrogen-bond acceptors (Lipinski definition) is 4. The summed E-state index contributed by atoms with van der Waals surface area (Å²) in [6.07, 6.45) is 4.76. The lowest BCUT2D eigenvalue weighted by Gasteiger charge is -2.30. The van der Waals surface area contributed by atoms with Gasteiger partial charge in [0.05, 0.1) is 6.54 Å². The van der Waals surface area contributed by atoms with Gasteiger partial charge in [-0.2, -0.15) is 5.10 Å². The zero-order valence-corrected chi connectivity index (χ0v) is 12.0. The van der Waals surface area contributed by atoms with Gasteiger partial charge < -0.3 is 9.80 Å². The summed E-state index contributed by atoms with van der Waals surface area (Å²) in [5, 5.41) is 4.00. The second-order valence-corrected chi connectivity index (χ2v) is 5.96. The molecule has 0 bridgehead atoms. The van der Waals surface area contributed by atoms with Crippen LogP contribution in [0.1, 0.15) is 19.8 Å². The van der Waals surface area contributed by atoms with Crippen molar-refractivity contribution in [1.29, 1.82) is 0 Å². The highest BCUT2D eigenvalue weighted by Crippen LogP contribution is 2.29. The fourth-order valence-corrected chi connectivity index (χ4v) is 2.81. The molecule has 106 valence electrons. The van der Waals surface area contributed by atoms with Crippen molar-refractivity contribution in [1.82, 2.24) is 24.6 Å². The van der Waals surface area contributed by atoms with Crippen molar-refractivity contribution in [3.05, 3.63) is 12.7 Å². The van der Waals surface area contributed by atoms with Gasteiger partial charge in [0.1, 0.15) is 12.7 Å². The molecule has 0 aliphatic carbocycles. The van der Waals surface area contributed by atoms with Crippen molar-refractivity contribution < 1.29 is 4.79 Å². The molecule has 1 atom stereocenters. The van der Waals surface area contributed by atoms with Gasteiger partial charge in [0.2, 0.25) is 5.91 Å². The molecule has 0 aromatic carbocycles. The minimum Gasteiger partial charge on any atom is -0.345 e. The zero-order valence-electron chi connectivity index (χ0n) is 12.0. The van der Waals surface area contributed by atoms with Gasteiger partial charge in [0.25, 0.3) is 0 Å². The molecule has 1 fully saturated rings. The van der Waals surface area contributed by atoms with E-state index in [1.165, 1.54) is 6.33 Å². The molecule has 1 amide bonds. The Hall–Kier alpha value is -1.43. The molecule has 1 unspecified atom stereocenters. The normalized spacial score (nSPS) is 23.7. The molecule has 6 heteroatoms. The van der Waals surface area contributed by atoms with Crippen molar-refractivity contribution in [2.75, 3.05) is 33.7 Å². The number of hydrogen-bond donors (Lipinski definition) is 0. The van der Waals surface area contributed by atoms with Crippen LogP contribution in [0.5, 0.6) is 0 Å². The molecule has 1 aromatic rings. The van der Waals surface area contributed by atoms with Crippen LogP contribution in [-0.4, -0.2) is 64.2 Å². The third-order valence-electron chi connectivity index (χ3n) is 3.81. The molecule has 0 spiro atoms. The molecule has 6 nitrogen and oxygen atoms in total. The molecule has 0 radical (unpaired) electrons. The van der Waals surface area contributed by atoms with Gasteiger partial charge in [-0.25, -0.2) is 4.98 Å². The minimum absolute atomic E-state index is 0.172. The highest BCUT2D eigenvalue weighted by molar-refractivity contribution is 5.75. The summed E-state index contributed by atoms with van der Waals surface area (Å²) in [5.74, 6) is 0.172. The molecular weight excluding hydrogens is 242 g/mol. The van der Waals surface area contributed by atoms with E-state index >= 15 is 0 Å². The van der Waals surface area contributed by atoms with Crippen LogP contribution < -0.4 is 0 Å². The number of nitrogens with zero attached hydrogens (tertiary/aromatic N) is 5. The lowest BCUT2D eigenvalue weighted by molar-refractivity contribution is -0.131. The molecule has 1 aliphatic rings. The first-order valence-electron chi connectivity index (χ1n) is 6.73. The van der Waals surface area contributed by atoms with E-state index in [2.05, 4.69) is 29.0 Å². The Labute approximate surface area is 114 Å². The second kappa shape index (κ2) is 5.69. The van der Waals surface area contributed by atoms with E-state index in [4.69, 9.17) is 0 Å². The maximum absolute atomic E-state index is 12.1. The summed E-state index contributed by atoms with van der Waals surface area (Å²) in [7, 11) is 4.03. The van der Waals surface area contributed by atoms with E-state index in [1.807, 2.05) is 11.9 Å². The van der Waals surface area contributed by atoms with Gasteiger partial charge >= 0.3 is 0 Å². The van der Waals surface area contributed by atoms with Crippen molar-refractivity contribution in [2.45, 2.75) is 26.3 Å². The largest absolute Gasteiger partial charge is 0.345 e. The van der Waals surface area contributed by atoms with Crippen molar-refractivity contribution in [2.24, 2.45) is 5.41 Å². The predicted molar refractivity (Wildman–Crippen MR) is 72.5 cm³/mol. The maximum Gasteiger partial charge on any atom is 0.224 e. The van der Waals surface area contributed by atoms with Gasteiger partial charge in [-0.3, -0.25) is 9.48 Å². The van der Waals surface area contributed by atoms with Crippen LogP contribution in [0, 0.1) is 5.41 Å². The highest BCUT2D eigenvalue weighted by atomic mass is 16.2. The third-order valence-corrected chi connectivity index (χ3v) is 3.81. The average molecular weight is 265 g/mol. The molecule has 2 rings (SSSR count). The fourth-order valence-electron chi connectivity index (χ4n) is 2.81. The first-order valence-corrected chi connectivity index (χ1v) is 6.73. The smallest absolute Gasteiger partial charge is 0.224 e. The average Bonchev–Trinajstić information content (AvgIpc) is 2.96. The number of likely N-dealkylation sites (tertiary alicyclic amines) is 1. The molecular formula is C13H23N5O. The zero-order chi connectivity index (χ0) is 13.9. The Kier molecular flexibility index (Phi) is 4.19. The number of rotatable bonds is 5. The van der Waals surface area contributed by atoms with Gasteiger partial charge in [-0.05, 0) is 25.4 Å². The quantitative estimate of drug-likeness (QED) is 0.776. The molecule has 1 aromatic heterocycles. The predicted octanol–water partition coefficient (Wildman–Crippen LogP) is 0.468. The lowest BCUT2D eigenvalue weighted by atomic mass is 9.89. The number of amides is 1. The number of carbonyl (C=O) groups is 1. The van der Waals surface area contributed by atoms with E-state index in [0.717, 1.165) is 26.1 Å². The summed E-state index contributed by atoms with van der Waals surface area (Å²) < 4.78 is 1.69. The first-order chi connectivity index (χ1) is 8.98. The maximum atomic E-state index is 12.1. The van der Waals surface area contributed by atoms with Crippen LogP contribution in [-0.2, 0) is 11.3 Å². The van der Waals surface area contributed by atoms with Gasteiger partial charge in [0.15, 0.2) is 0 Å². The lowest BCUT2D eigenvalue weighted by Crippen LogP contribution is -2.39. The van der Waals surface area contributed by atoms with Crippen LogP contribution in [0.3, 0.4) is 0 Å². The van der Waals surface area contributed by atoms with E-state index in [1.54, 1.807) is 11.0 Å². The summed E-state index contributed by atoms with van der Waals surface area (Å²) >= 11 is 0.